The number of para-hydroxylation sites is 1. The van der Waals surface area contributed by atoms with E-state index in [1.807, 2.05) is 37.3 Å². The monoisotopic (exact) mass is 252 g/mol. The van der Waals surface area contributed by atoms with Crippen LogP contribution in [0.4, 0.5) is 10.1 Å². The zero-order valence-corrected chi connectivity index (χ0v) is 11.2. The lowest BCUT2D eigenvalue weighted by Gasteiger charge is -2.26. The van der Waals surface area contributed by atoms with Gasteiger partial charge < -0.3 is 10.6 Å². The first-order valence-electron chi connectivity index (χ1n) is 6.16. The van der Waals surface area contributed by atoms with Gasteiger partial charge in [0.1, 0.15) is 5.67 Å². The van der Waals surface area contributed by atoms with Crippen molar-refractivity contribution in [2.75, 3.05) is 11.4 Å². The number of carbonyl (C=O) groups is 1. The smallest absolute Gasteiger partial charge is 0.244 e. The average Bonchev–Trinajstić information content (AvgIpc) is 2.29. The van der Waals surface area contributed by atoms with Gasteiger partial charge in [-0.2, -0.15) is 0 Å². The van der Waals surface area contributed by atoms with Gasteiger partial charge in [-0.3, -0.25) is 4.79 Å². The molecule has 0 saturated heterocycles. The van der Waals surface area contributed by atoms with Gasteiger partial charge in [0.15, 0.2) is 0 Å². The van der Waals surface area contributed by atoms with Gasteiger partial charge in [0.05, 0.1) is 6.04 Å². The summed E-state index contributed by atoms with van der Waals surface area (Å²) in [5.41, 5.74) is 5.14. The molecule has 2 N–H and O–H groups in total. The van der Waals surface area contributed by atoms with Crippen molar-refractivity contribution in [3.05, 3.63) is 30.3 Å². The van der Waals surface area contributed by atoms with Crippen LogP contribution in [0.15, 0.2) is 30.3 Å². The standard InChI is InChI=1S/C14H21FN2O/c1-4-17(11-8-6-5-7-9-11)13(18)12(16)10-14(2,3)15/h5-9,12H,4,10,16H2,1-3H3/t12-/m0/s1. The van der Waals surface area contributed by atoms with Crippen LogP contribution in [0, 0.1) is 0 Å². The number of rotatable bonds is 5. The molecular weight excluding hydrogens is 231 g/mol. The first kappa shape index (κ1) is 14.6. The molecule has 0 radical (unpaired) electrons. The highest BCUT2D eigenvalue weighted by Gasteiger charge is 2.27. The Morgan fingerprint density at radius 1 is 1.39 bits per heavy atom. The Bertz CT molecular complexity index is 387. The number of benzene rings is 1. The summed E-state index contributed by atoms with van der Waals surface area (Å²) >= 11 is 0. The Kier molecular flexibility index (Phi) is 4.84. The molecule has 0 aromatic heterocycles. The van der Waals surface area contributed by atoms with E-state index in [0.29, 0.717) is 6.54 Å². The van der Waals surface area contributed by atoms with Crippen molar-refractivity contribution < 1.29 is 9.18 Å². The van der Waals surface area contributed by atoms with Crippen LogP contribution in [0.2, 0.25) is 0 Å². The largest absolute Gasteiger partial charge is 0.320 e. The first-order valence-corrected chi connectivity index (χ1v) is 6.16. The maximum atomic E-state index is 13.5. The number of alkyl halides is 1. The zero-order chi connectivity index (χ0) is 13.8. The highest BCUT2D eigenvalue weighted by molar-refractivity contribution is 5.97. The number of nitrogens with two attached hydrogens (primary N) is 1. The molecule has 0 heterocycles. The van der Waals surface area contributed by atoms with Crippen molar-refractivity contribution in [1.29, 1.82) is 0 Å². The number of halogens is 1. The van der Waals surface area contributed by atoms with E-state index in [9.17, 15) is 9.18 Å². The lowest BCUT2D eigenvalue weighted by atomic mass is 10.0. The number of nitrogens with zero attached hydrogens (tertiary/aromatic N) is 1. The molecule has 0 saturated carbocycles. The van der Waals surface area contributed by atoms with Crippen molar-refractivity contribution in [2.24, 2.45) is 5.73 Å². The Hall–Kier alpha value is -1.42. The molecule has 3 nitrogen and oxygen atoms in total. The fourth-order valence-corrected chi connectivity index (χ4v) is 1.88. The lowest BCUT2D eigenvalue weighted by molar-refractivity contribution is -0.120. The van der Waals surface area contributed by atoms with Crippen molar-refractivity contribution in [3.63, 3.8) is 0 Å². The molecule has 0 aliphatic rings. The summed E-state index contributed by atoms with van der Waals surface area (Å²) in [6, 6.07) is 8.46. The van der Waals surface area contributed by atoms with Crippen LogP contribution < -0.4 is 10.6 Å². The van der Waals surface area contributed by atoms with Crippen LogP contribution in [-0.4, -0.2) is 24.2 Å². The highest BCUT2D eigenvalue weighted by atomic mass is 19.1. The van der Waals surface area contributed by atoms with Crippen molar-refractivity contribution >= 4 is 11.6 Å². The van der Waals surface area contributed by atoms with E-state index < -0.39 is 11.7 Å². The van der Waals surface area contributed by atoms with Crippen molar-refractivity contribution in [3.8, 4) is 0 Å². The third-order valence-electron chi connectivity index (χ3n) is 2.67. The SMILES string of the molecule is CCN(C(=O)[C@@H](N)CC(C)(C)F)c1ccccc1. The quantitative estimate of drug-likeness (QED) is 0.875. The minimum Gasteiger partial charge on any atom is -0.320 e. The molecule has 1 aromatic rings. The topological polar surface area (TPSA) is 46.3 Å². The Labute approximate surface area is 108 Å². The molecule has 18 heavy (non-hydrogen) atoms. The molecule has 100 valence electrons. The van der Waals surface area contributed by atoms with Crippen molar-refractivity contribution in [1.82, 2.24) is 0 Å². The third kappa shape index (κ3) is 4.11. The van der Waals surface area contributed by atoms with Gasteiger partial charge in [0.2, 0.25) is 5.91 Å². The van der Waals surface area contributed by atoms with Gasteiger partial charge in [-0.05, 0) is 32.9 Å². The molecule has 4 heteroatoms. The lowest BCUT2D eigenvalue weighted by Crippen LogP contribution is -2.46. The fraction of sp³-hybridized carbons (Fsp3) is 0.500. The summed E-state index contributed by atoms with van der Waals surface area (Å²) in [7, 11) is 0. The van der Waals surface area contributed by atoms with E-state index in [2.05, 4.69) is 0 Å². The van der Waals surface area contributed by atoms with Crippen LogP contribution in [0.5, 0.6) is 0 Å². The molecular formula is C14H21FN2O. The van der Waals surface area contributed by atoms with E-state index in [1.54, 1.807) is 4.90 Å². The second-order valence-corrected chi connectivity index (χ2v) is 4.95. The summed E-state index contributed by atoms with van der Waals surface area (Å²) in [6.45, 7) is 5.25. The summed E-state index contributed by atoms with van der Waals surface area (Å²) in [6.07, 6.45) is 0.0230. The first-order chi connectivity index (χ1) is 8.35. The van der Waals surface area contributed by atoms with Gasteiger partial charge in [-0.25, -0.2) is 4.39 Å². The predicted octanol–water partition coefficient (Wildman–Crippen LogP) is 2.51. The van der Waals surface area contributed by atoms with Gasteiger partial charge in [-0.1, -0.05) is 18.2 Å². The minimum atomic E-state index is -1.44. The van der Waals surface area contributed by atoms with Crippen molar-refractivity contribution in [2.45, 2.75) is 38.9 Å². The predicted molar refractivity (Wildman–Crippen MR) is 72.2 cm³/mol. The normalized spacial score (nSPS) is 13.2. The van der Waals surface area contributed by atoms with E-state index in [0.717, 1.165) is 5.69 Å². The number of likely N-dealkylation sites (N-methyl/N-ethyl adjacent to an activating group) is 1. The second kappa shape index (κ2) is 5.96. The number of carbonyl (C=O) groups excluding carboxylic acids is 1. The van der Waals surface area contributed by atoms with E-state index in [1.165, 1.54) is 13.8 Å². The highest BCUT2D eigenvalue weighted by Crippen LogP contribution is 2.19. The average molecular weight is 252 g/mol. The van der Waals surface area contributed by atoms with Gasteiger partial charge in [-0.15, -0.1) is 0 Å². The minimum absolute atomic E-state index is 0.0230. The maximum absolute atomic E-state index is 13.5. The Morgan fingerprint density at radius 2 is 1.94 bits per heavy atom. The molecule has 0 aliphatic heterocycles. The van der Waals surface area contributed by atoms with E-state index in [4.69, 9.17) is 5.73 Å². The van der Waals surface area contributed by atoms with Crippen LogP contribution in [-0.2, 0) is 4.79 Å². The van der Waals surface area contributed by atoms with E-state index in [-0.39, 0.29) is 12.3 Å². The molecule has 0 aliphatic carbocycles. The van der Waals surface area contributed by atoms with Crippen LogP contribution in [0.1, 0.15) is 27.2 Å². The number of amides is 1. The van der Waals surface area contributed by atoms with Gasteiger partial charge in [0.25, 0.3) is 0 Å². The Balaban J connectivity index is 2.80. The molecule has 0 bridgehead atoms. The fourth-order valence-electron chi connectivity index (χ4n) is 1.88. The summed E-state index contributed by atoms with van der Waals surface area (Å²) in [5.74, 6) is -0.241. The summed E-state index contributed by atoms with van der Waals surface area (Å²) in [5, 5.41) is 0. The second-order valence-electron chi connectivity index (χ2n) is 4.95. The molecule has 1 atom stereocenters. The summed E-state index contributed by atoms with van der Waals surface area (Å²) in [4.78, 5) is 13.8. The third-order valence-corrected chi connectivity index (χ3v) is 2.67. The van der Waals surface area contributed by atoms with Gasteiger partial charge in [0, 0.05) is 18.7 Å². The molecule has 1 amide bonds. The molecule has 1 rings (SSSR count). The Morgan fingerprint density at radius 3 is 2.39 bits per heavy atom. The number of anilines is 1. The maximum Gasteiger partial charge on any atom is 0.244 e. The zero-order valence-electron chi connectivity index (χ0n) is 11.2. The number of hydrogen-bond acceptors (Lipinski definition) is 2. The number of hydrogen-bond donors (Lipinski definition) is 1. The van der Waals surface area contributed by atoms with Crippen LogP contribution in [0.25, 0.3) is 0 Å². The van der Waals surface area contributed by atoms with Crippen LogP contribution >= 0.6 is 0 Å². The van der Waals surface area contributed by atoms with E-state index >= 15 is 0 Å². The molecule has 0 fully saturated rings. The molecule has 0 spiro atoms. The van der Waals surface area contributed by atoms with Gasteiger partial charge >= 0.3 is 0 Å². The van der Waals surface area contributed by atoms with Crippen LogP contribution in [0.3, 0.4) is 0 Å². The molecule has 1 aromatic carbocycles. The molecule has 0 unspecified atom stereocenters. The summed E-state index contributed by atoms with van der Waals surface area (Å²) < 4.78 is 13.5.